The largest absolute Gasteiger partial charge is 0.384 e. The van der Waals surface area contributed by atoms with E-state index in [0.29, 0.717) is 23.9 Å². The molecule has 0 bridgehead atoms. The van der Waals surface area contributed by atoms with E-state index in [2.05, 4.69) is 11.9 Å². The summed E-state index contributed by atoms with van der Waals surface area (Å²) >= 11 is 5.90. The lowest BCUT2D eigenvalue weighted by Crippen LogP contribution is -2.14. The van der Waals surface area contributed by atoms with Gasteiger partial charge >= 0.3 is 0 Å². The second-order valence-corrected chi connectivity index (χ2v) is 4.73. The molecular formula is C13H16ClFN2O. The predicted molar refractivity (Wildman–Crippen MR) is 70.3 cm³/mol. The van der Waals surface area contributed by atoms with E-state index in [0.717, 1.165) is 17.9 Å². The normalized spacial score (nSPS) is 13.1. The summed E-state index contributed by atoms with van der Waals surface area (Å²) in [6, 6.07) is 4.62. The lowest BCUT2D eigenvalue weighted by Gasteiger charge is -2.13. The molecule has 0 amide bonds. The van der Waals surface area contributed by atoms with Crippen LogP contribution in [0.15, 0.2) is 18.2 Å². The van der Waals surface area contributed by atoms with Crippen molar-refractivity contribution < 1.29 is 9.13 Å². The van der Waals surface area contributed by atoms with Crippen molar-refractivity contribution in [2.75, 3.05) is 13.7 Å². The fraction of sp³-hybridized carbons (Fsp3) is 0.462. The van der Waals surface area contributed by atoms with Gasteiger partial charge in [-0.1, -0.05) is 6.92 Å². The summed E-state index contributed by atoms with van der Waals surface area (Å²) in [5, 5.41) is 0. The number of ether oxygens (including phenoxy) is 1. The zero-order valence-corrected chi connectivity index (χ0v) is 11.2. The number of rotatable bonds is 5. The van der Waals surface area contributed by atoms with Crippen LogP contribution < -0.4 is 0 Å². The van der Waals surface area contributed by atoms with Gasteiger partial charge in [-0.3, -0.25) is 0 Å². The first-order valence-corrected chi connectivity index (χ1v) is 6.38. The molecule has 0 aliphatic rings. The number of benzene rings is 1. The van der Waals surface area contributed by atoms with Crippen LogP contribution >= 0.6 is 11.6 Å². The van der Waals surface area contributed by atoms with E-state index in [1.807, 2.05) is 4.57 Å². The quantitative estimate of drug-likeness (QED) is 0.780. The van der Waals surface area contributed by atoms with Gasteiger partial charge in [0.05, 0.1) is 23.5 Å². The van der Waals surface area contributed by atoms with E-state index in [9.17, 15) is 4.39 Å². The minimum atomic E-state index is -0.279. The maximum atomic E-state index is 13.2. The van der Waals surface area contributed by atoms with E-state index in [4.69, 9.17) is 16.3 Å². The molecule has 2 aromatic rings. The first-order valence-electron chi connectivity index (χ1n) is 5.85. The summed E-state index contributed by atoms with van der Waals surface area (Å²) in [7, 11) is 1.68. The predicted octanol–water partition coefficient (Wildman–Crippen LogP) is 3.20. The van der Waals surface area contributed by atoms with Gasteiger partial charge in [0.25, 0.3) is 0 Å². The molecule has 2 rings (SSSR count). The summed E-state index contributed by atoms with van der Waals surface area (Å²) < 4.78 is 20.3. The molecule has 98 valence electrons. The second kappa shape index (κ2) is 5.67. The maximum absolute atomic E-state index is 13.2. The summed E-state index contributed by atoms with van der Waals surface area (Å²) in [6.45, 7) is 3.53. The molecule has 18 heavy (non-hydrogen) atoms. The van der Waals surface area contributed by atoms with E-state index in [-0.39, 0.29) is 5.82 Å². The molecule has 0 saturated carbocycles. The number of imidazole rings is 1. The highest BCUT2D eigenvalue weighted by Crippen LogP contribution is 2.20. The Balaban J connectivity index is 2.40. The van der Waals surface area contributed by atoms with Crippen molar-refractivity contribution in [2.45, 2.75) is 19.3 Å². The van der Waals surface area contributed by atoms with Gasteiger partial charge in [-0.15, -0.1) is 11.6 Å². The van der Waals surface area contributed by atoms with Crippen molar-refractivity contribution >= 4 is 22.6 Å². The lowest BCUT2D eigenvalue weighted by molar-refractivity contribution is 0.151. The molecule has 0 N–H and O–H groups in total. The number of methoxy groups -OCH3 is 1. The highest BCUT2D eigenvalue weighted by atomic mass is 35.5. The Labute approximate surface area is 111 Å². The van der Waals surface area contributed by atoms with Crippen LogP contribution in [-0.4, -0.2) is 23.3 Å². The second-order valence-electron chi connectivity index (χ2n) is 4.47. The summed E-state index contributed by atoms with van der Waals surface area (Å²) in [5.41, 5.74) is 1.56. The van der Waals surface area contributed by atoms with Crippen molar-refractivity contribution in [3.05, 3.63) is 29.8 Å². The standard InChI is InChI=1S/C13H16ClFN2O/c1-9(8-18-2)7-17-12-4-3-10(15)5-11(12)16-13(17)6-14/h3-5,9H,6-8H2,1-2H3. The average molecular weight is 271 g/mol. The van der Waals surface area contributed by atoms with Crippen LogP contribution in [0.1, 0.15) is 12.7 Å². The smallest absolute Gasteiger partial charge is 0.125 e. The highest BCUT2D eigenvalue weighted by molar-refractivity contribution is 6.16. The van der Waals surface area contributed by atoms with Crippen LogP contribution in [0.25, 0.3) is 11.0 Å². The van der Waals surface area contributed by atoms with Crippen molar-refractivity contribution in [3.63, 3.8) is 0 Å². The molecular weight excluding hydrogens is 255 g/mol. The first kappa shape index (κ1) is 13.3. The topological polar surface area (TPSA) is 27.1 Å². The molecule has 1 aromatic heterocycles. The van der Waals surface area contributed by atoms with Crippen LogP contribution in [0.2, 0.25) is 0 Å². The van der Waals surface area contributed by atoms with E-state index in [1.165, 1.54) is 12.1 Å². The van der Waals surface area contributed by atoms with E-state index >= 15 is 0 Å². The Morgan fingerprint density at radius 1 is 1.50 bits per heavy atom. The average Bonchev–Trinajstić information content (AvgIpc) is 2.66. The Morgan fingerprint density at radius 3 is 2.94 bits per heavy atom. The fourth-order valence-electron chi connectivity index (χ4n) is 2.11. The van der Waals surface area contributed by atoms with Gasteiger partial charge in [-0.25, -0.2) is 9.37 Å². The van der Waals surface area contributed by atoms with Gasteiger partial charge in [0.2, 0.25) is 0 Å². The SMILES string of the molecule is COCC(C)Cn1c(CCl)nc2cc(F)ccc21. The van der Waals surface area contributed by atoms with Gasteiger partial charge < -0.3 is 9.30 Å². The molecule has 0 radical (unpaired) electrons. The van der Waals surface area contributed by atoms with Gasteiger partial charge in [0.1, 0.15) is 11.6 Å². The number of alkyl halides is 1. The zero-order valence-electron chi connectivity index (χ0n) is 10.5. The van der Waals surface area contributed by atoms with Crippen molar-refractivity contribution in [2.24, 2.45) is 5.92 Å². The third-order valence-electron chi connectivity index (χ3n) is 2.85. The minimum absolute atomic E-state index is 0.279. The molecule has 1 heterocycles. The van der Waals surface area contributed by atoms with Crippen molar-refractivity contribution in [3.8, 4) is 0 Å². The molecule has 0 aliphatic heterocycles. The molecule has 1 aromatic carbocycles. The molecule has 5 heteroatoms. The molecule has 0 spiro atoms. The number of hydrogen-bond acceptors (Lipinski definition) is 2. The Bertz CT molecular complexity index is 541. The van der Waals surface area contributed by atoms with Crippen LogP contribution in [0.3, 0.4) is 0 Å². The van der Waals surface area contributed by atoms with Crippen molar-refractivity contribution in [1.29, 1.82) is 0 Å². The minimum Gasteiger partial charge on any atom is -0.384 e. The first-order chi connectivity index (χ1) is 8.65. The molecule has 1 unspecified atom stereocenters. The van der Waals surface area contributed by atoms with Crippen LogP contribution in [0.4, 0.5) is 4.39 Å². The molecule has 0 saturated heterocycles. The van der Waals surface area contributed by atoms with Crippen LogP contribution in [0.5, 0.6) is 0 Å². The Hall–Kier alpha value is -1.13. The summed E-state index contributed by atoms with van der Waals surface area (Å²) in [4.78, 5) is 4.36. The number of aromatic nitrogens is 2. The highest BCUT2D eigenvalue weighted by Gasteiger charge is 2.13. The van der Waals surface area contributed by atoms with Crippen LogP contribution in [0, 0.1) is 11.7 Å². The van der Waals surface area contributed by atoms with E-state index < -0.39 is 0 Å². The Kier molecular flexibility index (Phi) is 4.19. The fourth-order valence-corrected chi connectivity index (χ4v) is 2.31. The Morgan fingerprint density at radius 2 is 2.28 bits per heavy atom. The molecule has 0 fully saturated rings. The number of halogens is 2. The number of nitrogens with zero attached hydrogens (tertiary/aromatic N) is 2. The van der Waals surface area contributed by atoms with Crippen LogP contribution in [-0.2, 0) is 17.2 Å². The monoisotopic (exact) mass is 270 g/mol. The molecule has 3 nitrogen and oxygen atoms in total. The van der Waals surface area contributed by atoms with Crippen molar-refractivity contribution in [1.82, 2.24) is 9.55 Å². The zero-order chi connectivity index (χ0) is 13.1. The maximum Gasteiger partial charge on any atom is 0.125 e. The van der Waals surface area contributed by atoms with Gasteiger partial charge in [-0.2, -0.15) is 0 Å². The molecule has 0 aliphatic carbocycles. The van der Waals surface area contributed by atoms with Gasteiger partial charge in [-0.05, 0) is 18.1 Å². The third kappa shape index (κ3) is 2.65. The van der Waals surface area contributed by atoms with E-state index in [1.54, 1.807) is 13.2 Å². The lowest BCUT2D eigenvalue weighted by atomic mass is 10.2. The molecule has 1 atom stereocenters. The summed E-state index contributed by atoms with van der Waals surface area (Å²) in [5.74, 6) is 1.15. The number of hydrogen-bond donors (Lipinski definition) is 0. The summed E-state index contributed by atoms with van der Waals surface area (Å²) in [6.07, 6.45) is 0. The third-order valence-corrected chi connectivity index (χ3v) is 3.09. The van der Waals surface area contributed by atoms with Gasteiger partial charge in [0, 0.05) is 19.7 Å². The number of fused-ring (bicyclic) bond motifs is 1. The van der Waals surface area contributed by atoms with Gasteiger partial charge in [0.15, 0.2) is 0 Å².